The number of benzene rings is 4. The third kappa shape index (κ3) is 8.69. The Morgan fingerprint density at radius 2 is 1.52 bits per heavy atom. The molecular weight excluding hydrogens is 619 g/mol. The van der Waals surface area contributed by atoms with Crippen molar-refractivity contribution in [3.05, 3.63) is 142 Å². The summed E-state index contributed by atoms with van der Waals surface area (Å²) in [4.78, 5) is 26.9. The predicted octanol–water partition coefficient (Wildman–Crippen LogP) is 6.11. The van der Waals surface area contributed by atoms with Crippen LogP contribution in [-0.2, 0) is 22.9 Å². The summed E-state index contributed by atoms with van der Waals surface area (Å²) in [5, 5.41) is 20.7. The number of amides is 2. The number of aliphatic hydroxyl groups excluding tert-OH is 1. The summed E-state index contributed by atoms with van der Waals surface area (Å²) in [6.45, 7) is 4.13. The van der Waals surface area contributed by atoms with Crippen LogP contribution in [0.1, 0.15) is 67.9 Å². The van der Waals surface area contributed by atoms with Crippen LogP contribution >= 0.6 is 0 Å². The zero-order chi connectivity index (χ0) is 34.3. The van der Waals surface area contributed by atoms with E-state index in [0.717, 1.165) is 23.3 Å². The van der Waals surface area contributed by atoms with E-state index in [-0.39, 0.29) is 37.1 Å². The van der Waals surface area contributed by atoms with Gasteiger partial charge in [-0.1, -0.05) is 72.8 Å². The number of ether oxygens (including phenoxy) is 1. The van der Waals surface area contributed by atoms with Crippen LogP contribution in [0.2, 0.25) is 0 Å². The van der Waals surface area contributed by atoms with Gasteiger partial charge in [0.1, 0.15) is 0 Å². The molecule has 0 saturated carbocycles. The van der Waals surface area contributed by atoms with Crippen molar-refractivity contribution >= 4 is 11.8 Å². The molecule has 0 aromatic heterocycles. The van der Waals surface area contributed by atoms with E-state index < -0.39 is 35.3 Å². The number of aliphatic hydroxyl groups is 1. The van der Waals surface area contributed by atoms with Crippen LogP contribution in [0.4, 0.5) is 13.2 Å². The zero-order valence-corrected chi connectivity index (χ0v) is 26.9. The third-order valence-corrected chi connectivity index (χ3v) is 8.74. The fraction of sp³-hybridized carbons (Fsp3) is 0.316. The summed E-state index contributed by atoms with van der Waals surface area (Å²) in [6.07, 6.45) is -4.93. The van der Waals surface area contributed by atoms with Crippen molar-refractivity contribution in [3.63, 3.8) is 0 Å². The Kier molecular flexibility index (Phi) is 11.0. The first-order valence-electron chi connectivity index (χ1n) is 15.9. The van der Waals surface area contributed by atoms with Crippen molar-refractivity contribution in [2.75, 3.05) is 19.8 Å². The fourth-order valence-corrected chi connectivity index (χ4v) is 6.02. The van der Waals surface area contributed by atoms with Gasteiger partial charge in [-0.3, -0.25) is 9.59 Å². The van der Waals surface area contributed by atoms with Crippen LogP contribution in [0.3, 0.4) is 0 Å². The van der Waals surface area contributed by atoms with Crippen molar-refractivity contribution in [1.29, 1.82) is 0 Å². The maximum Gasteiger partial charge on any atom is 0.416 e. The zero-order valence-electron chi connectivity index (χ0n) is 26.9. The Morgan fingerprint density at radius 3 is 2.15 bits per heavy atom. The number of hydrogen-bond donors (Lipinski definition) is 4. The highest BCUT2D eigenvalue weighted by atomic mass is 19.4. The van der Waals surface area contributed by atoms with Gasteiger partial charge in [-0.15, -0.1) is 0 Å². The topological polar surface area (TPSA) is 99.7 Å². The molecule has 10 heteroatoms. The van der Waals surface area contributed by atoms with Crippen molar-refractivity contribution in [2.24, 2.45) is 0 Å². The minimum Gasteiger partial charge on any atom is -0.390 e. The first-order chi connectivity index (χ1) is 22.9. The lowest BCUT2D eigenvalue weighted by Crippen LogP contribution is -2.53. The first-order valence-corrected chi connectivity index (χ1v) is 15.9. The molecule has 0 bridgehead atoms. The first kappa shape index (κ1) is 34.8. The van der Waals surface area contributed by atoms with Crippen molar-refractivity contribution in [3.8, 4) is 0 Å². The molecule has 48 heavy (non-hydrogen) atoms. The molecule has 7 nitrogen and oxygen atoms in total. The Balaban J connectivity index is 1.34. The lowest BCUT2D eigenvalue weighted by molar-refractivity contribution is -0.137. The highest BCUT2D eigenvalue weighted by Gasteiger charge is 2.39. The quantitative estimate of drug-likeness (QED) is 0.147. The molecule has 1 unspecified atom stereocenters. The van der Waals surface area contributed by atoms with Gasteiger partial charge >= 0.3 is 6.18 Å². The molecule has 1 saturated heterocycles. The Labute approximate surface area is 278 Å². The van der Waals surface area contributed by atoms with Crippen LogP contribution in [0.5, 0.6) is 0 Å². The van der Waals surface area contributed by atoms with Gasteiger partial charge in [0.25, 0.3) is 11.8 Å². The molecule has 252 valence electrons. The monoisotopic (exact) mass is 659 g/mol. The summed E-state index contributed by atoms with van der Waals surface area (Å²) in [7, 11) is 0. The summed E-state index contributed by atoms with van der Waals surface area (Å²) in [6, 6.07) is 27.9. The second-order valence-electron chi connectivity index (χ2n) is 12.4. The van der Waals surface area contributed by atoms with Crippen LogP contribution in [0.25, 0.3) is 0 Å². The molecule has 0 spiro atoms. The van der Waals surface area contributed by atoms with Crippen molar-refractivity contribution in [2.45, 2.75) is 56.6 Å². The smallest absolute Gasteiger partial charge is 0.390 e. The van der Waals surface area contributed by atoms with Gasteiger partial charge in [0, 0.05) is 24.3 Å². The van der Waals surface area contributed by atoms with Crippen LogP contribution in [0.15, 0.2) is 103 Å². The largest absolute Gasteiger partial charge is 0.416 e. The maximum atomic E-state index is 13.7. The van der Waals surface area contributed by atoms with Crippen molar-refractivity contribution in [1.82, 2.24) is 16.0 Å². The van der Waals surface area contributed by atoms with Crippen LogP contribution in [-0.4, -0.2) is 48.8 Å². The lowest BCUT2D eigenvalue weighted by Gasteiger charge is -2.33. The number of halogens is 3. The van der Waals surface area contributed by atoms with E-state index in [1.807, 2.05) is 67.6 Å². The van der Waals surface area contributed by atoms with E-state index in [2.05, 4.69) is 16.0 Å². The number of carbonyl (C=O) groups is 2. The normalized spacial score (nSPS) is 18.1. The predicted molar refractivity (Wildman–Crippen MR) is 177 cm³/mol. The summed E-state index contributed by atoms with van der Waals surface area (Å²) < 4.78 is 46.2. The molecule has 4 N–H and O–H groups in total. The number of carbonyl (C=O) groups excluding carboxylic acids is 2. The fourth-order valence-electron chi connectivity index (χ4n) is 6.02. The Morgan fingerprint density at radius 1 is 0.875 bits per heavy atom. The number of aryl methyl sites for hydroxylation is 1. The maximum absolute atomic E-state index is 13.7. The van der Waals surface area contributed by atoms with Gasteiger partial charge in [-0.05, 0) is 79.3 Å². The second kappa shape index (κ2) is 15.1. The average molecular weight is 660 g/mol. The molecule has 0 aliphatic carbocycles. The molecule has 2 amide bonds. The van der Waals surface area contributed by atoms with Gasteiger partial charge in [-0.25, -0.2) is 0 Å². The van der Waals surface area contributed by atoms with Gasteiger partial charge in [0.2, 0.25) is 0 Å². The molecule has 4 atom stereocenters. The summed E-state index contributed by atoms with van der Waals surface area (Å²) >= 11 is 0. The standard InChI is InChI=1S/C38H40F3N3O4/c1-25-18-29(35(46)43-26(2)28-12-7-4-8-13-28)21-30(19-25)36(47)44-33(20-27-10-5-3-6-11-27)34(45)23-42-37(16-17-48-24-37)31-14-9-15-32(22-31)38(39,40)41/h3-15,18-19,21-22,26,33-34,42,45H,16-17,20,23-24H2,1-2H3,(H,43,46)(H,44,47)/t26-,33+,34-,37?/m1/s1. The van der Waals surface area contributed by atoms with E-state index in [1.165, 1.54) is 12.1 Å². The van der Waals surface area contributed by atoms with Gasteiger partial charge in [-0.2, -0.15) is 13.2 Å². The molecule has 4 aromatic carbocycles. The molecular formula is C38H40F3N3O4. The molecule has 1 aliphatic heterocycles. The molecule has 1 aliphatic rings. The van der Waals surface area contributed by atoms with Gasteiger partial charge in [0.05, 0.1) is 35.9 Å². The third-order valence-electron chi connectivity index (χ3n) is 8.74. The van der Waals surface area contributed by atoms with Crippen LogP contribution in [0, 0.1) is 6.92 Å². The number of rotatable bonds is 12. The van der Waals surface area contributed by atoms with E-state index in [0.29, 0.717) is 29.7 Å². The molecule has 4 aromatic rings. The molecule has 1 fully saturated rings. The molecule has 5 rings (SSSR count). The Hall–Kier alpha value is -4.51. The lowest BCUT2D eigenvalue weighted by atomic mass is 9.87. The summed E-state index contributed by atoms with van der Waals surface area (Å²) in [5.41, 5.74) is 1.83. The molecule has 0 radical (unpaired) electrons. The van der Waals surface area contributed by atoms with Crippen molar-refractivity contribution < 1.29 is 32.6 Å². The van der Waals surface area contributed by atoms with Crippen LogP contribution < -0.4 is 16.0 Å². The summed E-state index contributed by atoms with van der Waals surface area (Å²) in [5.74, 6) is -0.798. The molecule has 1 heterocycles. The number of alkyl halides is 3. The second-order valence-corrected chi connectivity index (χ2v) is 12.4. The van der Waals surface area contributed by atoms with Gasteiger partial charge < -0.3 is 25.8 Å². The van der Waals surface area contributed by atoms with E-state index in [9.17, 15) is 27.9 Å². The van der Waals surface area contributed by atoms with E-state index in [4.69, 9.17) is 4.74 Å². The van der Waals surface area contributed by atoms with E-state index in [1.54, 1.807) is 25.1 Å². The SMILES string of the molecule is Cc1cc(C(=O)N[C@@H](Cc2ccccc2)[C@H](O)CNC2(c3cccc(C(F)(F)F)c3)CCOC2)cc(C(=O)N[C@H](C)c2ccccc2)c1. The highest BCUT2D eigenvalue weighted by molar-refractivity contribution is 6.00. The minimum absolute atomic E-state index is 0.0315. The number of nitrogens with one attached hydrogen (secondary N) is 3. The Bertz CT molecular complexity index is 1690. The van der Waals surface area contributed by atoms with Gasteiger partial charge in [0.15, 0.2) is 0 Å². The average Bonchev–Trinajstić information content (AvgIpc) is 3.57. The highest BCUT2D eigenvalue weighted by Crippen LogP contribution is 2.35. The number of hydrogen-bond acceptors (Lipinski definition) is 5. The van der Waals surface area contributed by atoms with E-state index >= 15 is 0 Å². The minimum atomic E-state index is -4.50.